The van der Waals surface area contributed by atoms with E-state index in [-0.39, 0.29) is 36.8 Å². The molecule has 0 N–H and O–H groups in total. The van der Waals surface area contributed by atoms with E-state index < -0.39 is 41.5 Å². The standard InChI is InChI=1S/C19H16ClF4N3O3/c20-15-9-13(21)2-3-14(15)18(30)26-7-5-25(6-8-26)17(29)11-27-10-12(19(22,23)24)1-4-16(27)28/h1-4,9-10H,5-8,11H2. The molecule has 2 amide bonds. The van der Waals surface area contributed by atoms with E-state index in [0.29, 0.717) is 16.8 Å². The van der Waals surface area contributed by atoms with Crippen LogP contribution in [0, 0.1) is 5.82 Å². The van der Waals surface area contributed by atoms with Crippen LogP contribution in [0.2, 0.25) is 5.02 Å². The molecule has 0 radical (unpaired) electrons. The summed E-state index contributed by atoms with van der Waals surface area (Å²) < 4.78 is 52.3. The number of carbonyl (C=O) groups is 2. The molecule has 2 heterocycles. The number of amides is 2. The minimum Gasteiger partial charge on any atom is -0.338 e. The van der Waals surface area contributed by atoms with Crippen molar-refractivity contribution < 1.29 is 27.2 Å². The fourth-order valence-corrected chi connectivity index (χ4v) is 3.31. The maximum absolute atomic E-state index is 13.2. The monoisotopic (exact) mass is 445 g/mol. The number of hydrogen-bond donors (Lipinski definition) is 0. The summed E-state index contributed by atoms with van der Waals surface area (Å²) in [7, 11) is 0. The van der Waals surface area contributed by atoms with Gasteiger partial charge in [0.05, 0.1) is 16.1 Å². The zero-order valence-electron chi connectivity index (χ0n) is 15.5. The third-order valence-corrected chi connectivity index (χ3v) is 5.01. The van der Waals surface area contributed by atoms with Gasteiger partial charge in [-0.05, 0) is 24.3 Å². The molecule has 0 saturated carbocycles. The first-order valence-corrected chi connectivity index (χ1v) is 9.24. The highest BCUT2D eigenvalue weighted by atomic mass is 35.5. The molecule has 1 aromatic carbocycles. The van der Waals surface area contributed by atoms with Crippen molar-refractivity contribution in [3.63, 3.8) is 0 Å². The summed E-state index contributed by atoms with van der Waals surface area (Å²) >= 11 is 5.91. The second kappa shape index (κ2) is 8.47. The van der Waals surface area contributed by atoms with E-state index in [1.165, 1.54) is 15.9 Å². The van der Waals surface area contributed by atoms with Crippen molar-refractivity contribution in [1.29, 1.82) is 0 Å². The zero-order valence-corrected chi connectivity index (χ0v) is 16.2. The maximum atomic E-state index is 13.2. The Balaban J connectivity index is 1.63. The van der Waals surface area contributed by atoms with Crippen molar-refractivity contribution in [2.75, 3.05) is 26.2 Å². The van der Waals surface area contributed by atoms with Gasteiger partial charge in [0.2, 0.25) is 5.91 Å². The van der Waals surface area contributed by atoms with Gasteiger partial charge in [0.25, 0.3) is 11.5 Å². The van der Waals surface area contributed by atoms with Crippen LogP contribution in [0.15, 0.2) is 41.3 Å². The van der Waals surface area contributed by atoms with E-state index in [0.717, 1.165) is 18.2 Å². The molecular weight excluding hydrogens is 430 g/mol. The van der Waals surface area contributed by atoms with Crippen LogP contribution in [-0.2, 0) is 17.5 Å². The van der Waals surface area contributed by atoms with E-state index in [4.69, 9.17) is 11.6 Å². The molecule has 0 bridgehead atoms. The van der Waals surface area contributed by atoms with Crippen molar-refractivity contribution in [3.05, 3.63) is 68.8 Å². The van der Waals surface area contributed by atoms with Crippen LogP contribution in [0.1, 0.15) is 15.9 Å². The van der Waals surface area contributed by atoms with Crippen LogP contribution in [0.25, 0.3) is 0 Å². The summed E-state index contributed by atoms with van der Waals surface area (Å²) in [5.41, 5.74) is -1.62. The molecule has 1 aliphatic heterocycles. The van der Waals surface area contributed by atoms with Crippen molar-refractivity contribution >= 4 is 23.4 Å². The highest BCUT2D eigenvalue weighted by molar-refractivity contribution is 6.33. The van der Waals surface area contributed by atoms with Crippen molar-refractivity contribution in [1.82, 2.24) is 14.4 Å². The largest absolute Gasteiger partial charge is 0.417 e. The SMILES string of the molecule is O=C(Cn1cc(C(F)(F)F)ccc1=O)N1CCN(C(=O)c2ccc(F)cc2Cl)CC1. The highest BCUT2D eigenvalue weighted by Gasteiger charge is 2.31. The lowest BCUT2D eigenvalue weighted by Gasteiger charge is -2.35. The molecule has 2 aromatic rings. The lowest BCUT2D eigenvalue weighted by atomic mass is 10.1. The topological polar surface area (TPSA) is 62.6 Å². The molecule has 1 fully saturated rings. The van der Waals surface area contributed by atoms with Gasteiger partial charge in [-0.3, -0.25) is 14.4 Å². The molecular formula is C19H16ClF4N3O3. The Morgan fingerprint density at radius 1 is 1.00 bits per heavy atom. The molecule has 30 heavy (non-hydrogen) atoms. The first-order chi connectivity index (χ1) is 14.1. The minimum atomic E-state index is -4.63. The number of hydrogen-bond acceptors (Lipinski definition) is 3. The predicted octanol–water partition coefficient (Wildman–Crippen LogP) is 2.64. The average Bonchev–Trinajstić information content (AvgIpc) is 2.68. The molecule has 1 aromatic heterocycles. The number of rotatable bonds is 3. The number of nitrogens with zero attached hydrogens (tertiary/aromatic N) is 3. The maximum Gasteiger partial charge on any atom is 0.417 e. The second-order valence-corrected chi connectivity index (χ2v) is 7.09. The van der Waals surface area contributed by atoms with Gasteiger partial charge in [0.15, 0.2) is 0 Å². The molecule has 1 aliphatic rings. The molecule has 6 nitrogen and oxygen atoms in total. The van der Waals surface area contributed by atoms with E-state index in [1.54, 1.807) is 0 Å². The minimum absolute atomic E-state index is 0.0255. The predicted molar refractivity (Wildman–Crippen MR) is 99.6 cm³/mol. The van der Waals surface area contributed by atoms with Gasteiger partial charge >= 0.3 is 6.18 Å². The van der Waals surface area contributed by atoms with Crippen LogP contribution >= 0.6 is 11.6 Å². The molecule has 160 valence electrons. The summed E-state index contributed by atoms with van der Waals surface area (Å²) in [5.74, 6) is -1.53. The van der Waals surface area contributed by atoms with Gasteiger partial charge in [-0.2, -0.15) is 13.2 Å². The fraction of sp³-hybridized carbons (Fsp3) is 0.316. The molecule has 11 heteroatoms. The summed E-state index contributed by atoms with van der Waals surface area (Å²) in [6.07, 6.45) is -4.03. The van der Waals surface area contributed by atoms with Crippen molar-refractivity contribution in [2.24, 2.45) is 0 Å². The third kappa shape index (κ3) is 4.81. The summed E-state index contributed by atoms with van der Waals surface area (Å²) in [6, 6.07) is 4.85. The van der Waals surface area contributed by atoms with Crippen molar-refractivity contribution in [3.8, 4) is 0 Å². The first kappa shape index (κ1) is 21.8. The number of alkyl halides is 3. The molecule has 1 saturated heterocycles. The molecule has 0 spiro atoms. The van der Waals surface area contributed by atoms with Gasteiger partial charge < -0.3 is 14.4 Å². The summed E-state index contributed by atoms with van der Waals surface area (Å²) in [5, 5.41) is -0.0255. The van der Waals surface area contributed by atoms with E-state index in [1.807, 2.05) is 0 Å². The Kier molecular flexibility index (Phi) is 6.16. The van der Waals surface area contributed by atoms with Crippen LogP contribution in [0.4, 0.5) is 17.6 Å². The van der Waals surface area contributed by atoms with E-state index in [9.17, 15) is 31.9 Å². The zero-order chi connectivity index (χ0) is 22.1. The summed E-state index contributed by atoms with van der Waals surface area (Å²) in [4.78, 5) is 39.6. The number of benzene rings is 1. The van der Waals surface area contributed by atoms with Crippen LogP contribution < -0.4 is 5.56 Å². The first-order valence-electron chi connectivity index (χ1n) is 8.86. The highest BCUT2D eigenvalue weighted by Crippen LogP contribution is 2.28. The number of carbonyl (C=O) groups excluding carboxylic acids is 2. The Morgan fingerprint density at radius 3 is 2.23 bits per heavy atom. The normalized spacial score (nSPS) is 14.7. The van der Waals surface area contributed by atoms with Gasteiger partial charge in [0, 0.05) is 38.4 Å². The third-order valence-electron chi connectivity index (χ3n) is 4.70. The average molecular weight is 446 g/mol. The van der Waals surface area contributed by atoms with Gasteiger partial charge in [0.1, 0.15) is 12.4 Å². The van der Waals surface area contributed by atoms with Crippen LogP contribution in [0.3, 0.4) is 0 Å². The van der Waals surface area contributed by atoms with Crippen LogP contribution in [0.5, 0.6) is 0 Å². The number of piperazine rings is 1. The number of halogens is 5. The number of aromatic nitrogens is 1. The second-order valence-electron chi connectivity index (χ2n) is 6.68. The van der Waals surface area contributed by atoms with E-state index in [2.05, 4.69) is 0 Å². The Hall–Kier alpha value is -2.88. The van der Waals surface area contributed by atoms with Gasteiger partial charge in [-0.15, -0.1) is 0 Å². The Bertz CT molecular complexity index is 1030. The van der Waals surface area contributed by atoms with E-state index >= 15 is 0 Å². The lowest BCUT2D eigenvalue weighted by Crippen LogP contribution is -2.51. The molecule has 3 rings (SSSR count). The van der Waals surface area contributed by atoms with Gasteiger partial charge in [-0.25, -0.2) is 4.39 Å². The summed E-state index contributed by atoms with van der Waals surface area (Å²) in [6.45, 7) is 0.0558. The van der Waals surface area contributed by atoms with Crippen molar-refractivity contribution in [2.45, 2.75) is 12.7 Å². The smallest absolute Gasteiger partial charge is 0.338 e. The molecule has 0 aliphatic carbocycles. The Morgan fingerprint density at radius 2 is 1.63 bits per heavy atom. The van der Waals surface area contributed by atoms with Crippen LogP contribution in [-0.4, -0.2) is 52.4 Å². The quantitative estimate of drug-likeness (QED) is 0.682. The Labute approximate surface area is 173 Å². The molecule has 0 atom stereocenters. The fourth-order valence-electron chi connectivity index (χ4n) is 3.06. The number of pyridine rings is 1. The van der Waals surface area contributed by atoms with Gasteiger partial charge in [-0.1, -0.05) is 11.6 Å². The lowest BCUT2D eigenvalue weighted by molar-refractivity contribution is -0.139. The molecule has 0 unspecified atom stereocenters.